The number of hydrazone groups is 1. The Kier molecular flexibility index (Phi) is 5.38. The minimum Gasteiger partial charge on any atom is -0.468 e. The SMILES string of the molecule is COC(=O)CN(/N=C(\C)c1ccccn1)C(=O)c1cc2ccccc2s1. The van der Waals surface area contributed by atoms with Crippen LogP contribution in [0.2, 0.25) is 0 Å². The van der Waals surface area contributed by atoms with Gasteiger partial charge in [-0.1, -0.05) is 24.3 Å². The van der Waals surface area contributed by atoms with Gasteiger partial charge in [0.2, 0.25) is 0 Å². The van der Waals surface area contributed by atoms with Crippen molar-refractivity contribution in [3.8, 4) is 0 Å². The maximum Gasteiger partial charge on any atom is 0.327 e. The van der Waals surface area contributed by atoms with E-state index in [1.54, 1.807) is 31.3 Å². The summed E-state index contributed by atoms with van der Waals surface area (Å²) in [5.41, 5.74) is 1.16. The van der Waals surface area contributed by atoms with Crippen molar-refractivity contribution in [1.82, 2.24) is 9.99 Å². The average molecular weight is 367 g/mol. The van der Waals surface area contributed by atoms with E-state index < -0.39 is 5.97 Å². The first-order valence-corrected chi connectivity index (χ1v) is 8.74. The van der Waals surface area contributed by atoms with Gasteiger partial charge in [0.25, 0.3) is 5.91 Å². The number of ether oxygens (including phenoxy) is 1. The summed E-state index contributed by atoms with van der Waals surface area (Å²) in [6.07, 6.45) is 1.65. The molecule has 0 aliphatic carbocycles. The van der Waals surface area contributed by atoms with Crippen molar-refractivity contribution in [2.24, 2.45) is 5.10 Å². The molecule has 0 atom stereocenters. The van der Waals surface area contributed by atoms with E-state index >= 15 is 0 Å². The number of aromatic nitrogens is 1. The number of fused-ring (bicyclic) bond motifs is 1. The number of esters is 1. The van der Waals surface area contributed by atoms with E-state index in [0.29, 0.717) is 16.3 Å². The van der Waals surface area contributed by atoms with Gasteiger partial charge in [-0.3, -0.25) is 14.6 Å². The Bertz CT molecular complexity index is 933. The number of carbonyl (C=O) groups is 2. The number of hydrogen-bond donors (Lipinski definition) is 0. The smallest absolute Gasteiger partial charge is 0.327 e. The van der Waals surface area contributed by atoms with Crippen LogP contribution < -0.4 is 0 Å². The fraction of sp³-hybridized carbons (Fsp3) is 0.158. The Morgan fingerprint density at radius 2 is 1.96 bits per heavy atom. The lowest BCUT2D eigenvalue weighted by Gasteiger charge is -2.16. The summed E-state index contributed by atoms with van der Waals surface area (Å²) in [5.74, 6) is -0.899. The maximum atomic E-state index is 12.9. The molecule has 0 spiro atoms. The highest BCUT2D eigenvalue weighted by molar-refractivity contribution is 7.20. The largest absolute Gasteiger partial charge is 0.468 e. The molecule has 3 aromatic rings. The van der Waals surface area contributed by atoms with Gasteiger partial charge in [-0.25, -0.2) is 5.01 Å². The molecule has 0 saturated carbocycles. The van der Waals surface area contributed by atoms with Crippen molar-refractivity contribution in [3.63, 3.8) is 0 Å². The molecule has 7 heteroatoms. The number of rotatable bonds is 5. The molecular weight excluding hydrogens is 350 g/mol. The zero-order valence-electron chi connectivity index (χ0n) is 14.4. The van der Waals surface area contributed by atoms with Gasteiger partial charge < -0.3 is 4.74 Å². The van der Waals surface area contributed by atoms with Gasteiger partial charge in [0, 0.05) is 10.9 Å². The van der Waals surface area contributed by atoms with E-state index in [0.717, 1.165) is 15.1 Å². The van der Waals surface area contributed by atoms with Crippen LogP contribution in [-0.2, 0) is 9.53 Å². The van der Waals surface area contributed by atoms with E-state index in [-0.39, 0.29) is 12.5 Å². The number of carbonyl (C=O) groups excluding carboxylic acids is 2. The third kappa shape index (κ3) is 3.94. The molecule has 0 fully saturated rings. The van der Waals surface area contributed by atoms with Gasteiger partial charge >= 0.3 is 5.97 Å². The van der Waals surface area contributed by atoms with Crippen LogP contribution in [0.1, 0.15) is 22.3 Å². The van der Waals surface area contributed by atoms with Crippen LogP contribution in [-0.4, -0.2) is 41.2 Å². The Labute approximate surface area is 154 Å². The molecule has 1 amide bonds. The topological polar surface area (TPSA) is 71.9 Å². The number of thiophene rings is 1. The van der Waals surface area contributed by atoms with E-state index in [4.69, 9.17) is 4.74 Å². The maximum absolute atomic E-state index is 12.9. The van der Waals surface area contributed by atoms with Crippen LogP contribution in [0.3, 0.4) is 0 Å². The predicted octanol–water partition coefficient (Wildman–Crippen LogP) is 3.34. The minimum absolute atomic E-state index is 0.270. The monoisotopic (exact) mass is 367 g/mol. The van der Waals surface area contributed by atoms with E-state index in [9.17, 15) is 9.59 Å². The van der Waals surface area contributed by atoms with Gasteiger partial charge in [0.05, 0.1) is 23.4 Å². The summed E-state index contributed by atoms with van der Waals surface area (Å²) >= 11 is 1.36. The fourth-order valence-electron chi connectivity index (χ4n) is 2.36. The summed E-state index contributed by atoms with van der Waals surface area (Å²) in [7, 11) is 1.28. The second-order valence-corrected chi connectivity index (χ2v) is 6.57. The van der Waals surface area contributed by atoms with Gasteiger partial charge in [-0.15, -0.1) is 11.3 Å². The van der Waals surface area contributed by atoms with Crippen molar-refractivity contribution in [2.45, 2.75) is 6.92 Å². The number of nitrogens with zero attached hydrogens (tertiary/aromatic N) is 3. The highest BCUT2D eigenvalue weighted by Crippen LogP contribution is 2.26. The van der Waals surface area contributed by atoms with E-state index in [2.05, 4.69) is 10.1 Å². The van der Waals surface area contributed by atoms with Gasteiger partial charge in [-0.2, -0.15) is 5.10 Å². The molecule has 1 aromatic carbocycles. The summed E-state index contributed by atoms with van der Waals surface area (Å²) in [4.78, 5) is 29.4. The Morgan fingerprint density at radius 3 is 2.65 bits per heavy atom. The minimum atomic E-state index is -0.544. The third-order valence-corrected chi connectivity index (χ3v) is 4.79. The third-order valence-electron chi connectivity index (χ3n) is 3.68. The molecular formula is C19H17N3O3S. The van der Waals surface area contributed by atoms with Crippen LogP contribution in [0.4, 0.5) is 0 Å². The normalized spacial score (nSPS) is 11.4. The molecule has 0 aliphatic rings. The summed E-state index contributed by atoms with van der Waals surface area (Å²) in [5, 5.41) is 6.43. The number of methoxy groups -OCH3 is 1. The highest BCUT2D eigenvalue weighted by Gasteiger charge is 2.21. The van der Waals surface area contributed by atoms with E-state index in [1.807, 2.05) is 30.3 Å². The lowest BCUT2D eigenvalue weighted by Crippen LogP contribution is -2.32. The first kappa shape index (κ1) is 17.8. The molecule has 26 heavy (non-hydrogen) atoms. The lowest BCUT2D eigenvalue weighted by molar-refractivity contribution is -0.141. The molecule has 0 unspecified atom stereocenters. The van der Waals surface area contributed by atoms with Gasteiger partial charge in [0.15, 0.2) is 0 Å². The van der Waals surface area contributed by atoms with Crippen molar-refractivity contribution < 1.29 is 14.3 Å². The average Bonchev–Trinajstić information content (AvgIpc) is 3.11. The summed E-state index contributed by atoms with van der Waals surface area (Å²) in [6.45, 7) is 1.47. The molecule has 6 nitrogen and oxygen atoms in total. The molecule has 3 rings (SSSR count). The number of hydrogen-bond acceptors (Lipinski definition) is 6. The van der Waals surface area contributed by atoms with Crippen molar-refractivity contribution in [3.05, 3.63) is 65.3 Å². The molecule has 0 bridgehead atoms. The summed E-state index contributed by atoms with van der Waals surface area (Å²) < 4.78 is 5.70. The summed E-state index contributed by atoms with van der Waals surface area (Å²) in [6, 6.07) is 14.9. The van der Waals surface area contributed by atoms with Crippen LogP contribution in [0.25, 0.3) is 10.1 Å². The predicted molar refractivity (Wildman–Crippen MR) is 101 cm³/mol. The highest BCUT2D eigenvalue weighted by atomic mass is 32.1. The molecule has 0 aliphatic heterocycles. The fourth-order valence-corrected chi connectivity index (χ4v) is 3.37. The first-order chi connectivity index (χ1) is 12.6. The number of benzene rings is 1. The molecule has 2 aromatic heterocycles. The van der Waals surface area contributed by atoms with Crippen LogP contribution in [0, 0.1) is 0 Å². The molecule has 0 radical (unpaired) electrons. The first-order valence-electron chi connectivity index (χ1n) is 7.92. The van der Waals surface area contributed by atoms with Gasteiger partial charge in [0.1, 0.15) is 6.54 Å². The van der Waals surface area contributed by atoms with Crippen LogP contribution in [0.15, 0.2) is 59.8 Å². The number of pyridine rings is 1. The van der Waals surface area contributed by atoms with E-state index in [1.165, 1.54) is 18.4 Å². The van der Waals surface area contributed by atoms with Gasteiger partial charge in [-0.05, 0) is 36.6 Å². The second-order valence-electron chi connectivity index (χ2n) is 5.49. The van der Waals surface area contributed by atoms with Crippen molar-refractivity contribution >= 4 is 39.0 Å². The quantitative estimate of drug-likeness (QED) is 0.394. The Morgan fingerprint density at radius 1 is 1.19 bits per heavy atom. The van der Waals surface area contributed by atoms with Crippen molar-refractivity contribution in [1.29, 1.82) is 0 Å². The lowest BCUT2D eigenvalue weighted by atomic mass is 10.2. The zero-order chi connectivity index (χ0) is 18.5. The Hall–Kier alpha value is -3.06. The standard InChI is InChI=1S/C19H17N3O3S/c1-13(15-8-5-6-10-20-15)21-22(12-18(23)25-2)19(24)17-11-14-7-3-4-9-16(14)26-17/h3-11H,12H2,1-2H3/b21-13+. The van der Waals surface area contributed by atoms with Crippen molar-refractivity contribution in [2.75, 3.05) is 13.7 Å². The molecule has 132 valence electrons. The van der Waals surface area contributed by atoms with Crippen LogP contribution >= 0.6 is 11.3 Å². The van der Waals surface area contributed by atoms with Crippen LogP contribution in [0.5, 0.6) is 0 Å². The molecule has 2 heterocycles. The second kappa shape index (κ2) is 7.88. The Balaban J connectivity index is 1.94. The molecule has 0 N–H and O–H groups in total. The number of amides is 1. The molecule has 0 saturated heterocycles. The zero-order valence-corrected chi connectivity index (χ0v) is 15.2.